The molecule has 0 unspecified atom stereocenters. The van der Waals surface area contributed by atoms with E-state index in [0.717, 1.165) is 33.8 Å². The largest absolute Gasteiger partial charge is 0.467 e. The van der Waals surface area contributed by atoms with Crippen molar-refractivity contribution in [2.45, 2.75) is 25.4 Å². The maximum atomic E-state index is 13.2. The topological polar surface area (TPSA) is 121 Å². The molecular formula is C28H23N5O6. The Labute approximate surface area is 223 Å². The molecule has 1 saturated heterocycles. The van der Waals surface area contributed by atoms with Gasteiger partial charge in [-0.2, -0.15) is 9.94 Å². The normalized spacial score (nSPS) is 16.6. The molecule has 1 amide bonds. The van der Waals surface area contributed by atoms with Crippen LogP contribution < -0.4 is 9.47 Å². The van der Waals surface area contributed by atoms with E-state index in [9.17, 15) is 10.1 Å². The third kappa shape index (κ3) is 4.34. The molecular weight excluding hydrogens is 502 g/mol. The fourth-order valence-corrected chi connectivity index (χ4v) is 5.03. The van der Waals surface area contributed by atoms with Crippen LogP contribution in [0, 0.1) is 11.3 Å². The highest BCUT2D eigenvalue weighted by atomic mass is 16.7. The van der Waals surface area contributed by atoms with Crippen molar-refractivity contribution in [1.82, 2.24) is 19.9 Å². The number of rotatable bonds is 4. The summed E-state index contributed by atoms with van der Waals surface area (Å²) in [4.78, 5) is 14.8. The van der Waals surface area contributed by atoms with E-state index in [4.69, 9.17) is 23.7 Å². The molecule has 196 valence electrons. The van der Waals surface area contributed by atoms with Crippen molar-refractivity contribution >= 4 is 17.1 Å². The van der Waals surface area contributed by atoms with Gasteiger partial charge in [0.1, 0.15) is 28.6 Å². The molecule has 11 nitrogen and oxygen atoms in total. The van der Waals surface area contributed by atoms with Crippen molar-refractivity contribution in [3.63, 3.8) is 0 Å². The average Bonchev–Trinajstić information content (AvgIpc) is 3.39. The predicted octanol–water partition coefficient (Wildman–Crippen LogP) is 3.49. The number of aromatic nitrogens is 3. The van der Waals surface area contributed by atoms with Gasteiger partial charge in [-0.1, -0.05) is 17.3 Å². The van der Waals surface area contributed by atoms with Crippen LogP contribution >= 0.6 is 0 Å². The molecule has 4 heterocycles. The Morgan fingerprint density at radius 1 is 0.949 bits per heavy atom. The molecule has 0 aliphatic carbocycles. The van der Waals surface area contributed by atoms with E-state index in [-0.39, 0.29) is 25.7 Å². The van der Waals surface area contributed by atoms with Gasteiger partial charge in [-0.3, -0.25) is 0 Å². The molecule has 3 aliphatic rings. The second-order valence-corrected chi connectivity index (χ2v) is 9.60. The highest BCUT2D eigenvalue weighted by Crippen LogP contribution is 2.36. The fraction of sp³-hybridized carbons (Fsp3) is 0.286. The van der Waals surface area contributed by atoms with Crippen LogP contribution in [0.4, 0.5) is 4.79 Å². The summed E-state index contributed by atoms with van der Waals surface area (Å²) in [7, 11) is 0. The first kappa shape index (κ1) is 23.6. The molecule has 3 aromatic carbocycles. The van der Waals surface area contributed by atoms with E-state index in [2.05, 4.69) is 16.4 Å². The highest BCUT2D eigenvalue weighted by Gasteiger charge is 2.36. The minimum absolute atomic E-state index is 0.199. The second-order valence-electron chi connectivity index (χ2n) is 9.60. The summed E-state index contributed by atoms with van der Waals surface area (Å²) in [5.74, 6) is 1.60. The Morgan fingerprint density at radius 2 is 1.62 bits per heavy atom. The predicted molar refractivity (Wildman–Crippen MR) is 135 cm³/mol. The molecule has 0 radical (unpaired) electrons. The first-order chi connectivity index (χ1) is 19.2. The van der Waals surface area contributed by atoms with E-state index < -0.39 is 6.10 Å². The SMILES string of the molecule is N#Cc1ccc2nnn(C(=O)N3CC(OC(c4ccc5c(c4)COCO5)c4ccc5c(c4)COCO5)C3)c2c1. The maximum Gasteiger partial charge on any atom is 0.346 e. The van der Waals surface area contributed by atoms with Crippen LogP contribution in [0.3, 0.4) is 0 Å². The number of carbonyl (C=O) groups excluding carboxylic acids is 1. The third-order valence-corrected chi connectivity index (χ3v) is 7.09. The number of fused-ring (bicyclic) bond motifs is 3. The zero-order chi connectivity index (χ0) is 26.3. The van der Waals surface area contributed by atoms with Crippen LogP contribution in [0.2, 0.25) is 0 Å². The standard InChI is InChI=1S/C28H23N5O6/c29-10-17-1-4-23-24(7-17)33(31-30-23)28(34)32-11-22(12-32)39-27(18-2-5-25-20(8-18)13-35-15-37-25)19-3-6-26-21(9-19)14-36-16-38-26/h1-9,22,27H,11-16H2. The lowest BCUT2D eigenvalue weighted by atomic mass is 9.96. The van der Waals surface area contributed by atoms with Gasteiger partial charge in [0, 0.05) is 11.1 Å². The molecule has 0 spiro atoms. The van der Waals surface area contributed by atoms with Gasteiger partial charge < -0.3 is 28.6 Å². The molecule has 0 N–H and O–H groups in total. The Bertz CT molecular complexity index is 1560. The summed E-state index contributed by atoms with van der Waals surface area (Å²) in [6, 6.07) is 18.7. The number of nitrogens with zero attached hydrogens (tertiary/aromatic N) is 5. The Balaban J connectivity index is 1.13. The van der Waals surface area contributed by atoms with Gasteiger partial charge in [0.25, 0.3) is 0 Å². The number of ether oxygens (including phenoxy) is 5. The number of amides is 1. The molecule has 1 aromatic heterocycles. The van der Waals surface area contributed by atoms with Crippen molar-refractivity contribution < 1.29 is 28.5 Å². The third-order valence-electron chi connectivity index (χ3n) is 7.09. The van der Waals surface area contributed by atoms with Crippen LogP contribution in [0.15, 0.2) is 54.6 Å². The summed E-state index contributed by atoms with van der Waals surface area (Å²) < 4.78 is 30.0. The Morgan fingerprint density at radius 3 is 2.26 bits per heavy atom. The van der Waals surface area contributed by atoms with Crippen LogP contribution in [-0.4, -0.2) is 58.7 Å². The fourth-order valence-electron chi connectivity index (χ4n) is 5.03. The van der Waals surface area contributed by atoms with Gasteiger partial charge in [-0.05, 0) is 53.6 Å². The summed E-state index contributed by atoms with van der Waals surface area (Å²) in [6.07, 6.45) is -0.590. The van der Waals surface area contributed by atoms with E-state index in [0.29, 0.717) is 42.9 Å². The molecule has 11 heteroatoms. The van der Waals surface area contributed by atoms with Crippen molar-refractivity contribution in [2.75, 3.05) is 26.7 Å². The minimum Gasteiger partial charge on any atom is -0.467 e. The van der Waals surface area contributed by atoms with Gasteiger partial charge in [0.05, 0.1) is 44.0 Å². The summed E-state index contributed by atoms with van der Waals surface area (Å²) in [5.41, 5.74) is 5.31. The summed E-state index contributed by atoms with van der Waals surface area (Å²) in [5, 5.41) is 17.3. The molecule has 4 aromatic rings. The Kier molecular flexibility index (Phi) is 5.85. The highest BCUT2D eigenvalue weighted by molar-refractivity contribution is 5.88. The first-order valence-electron chi connectivity index (χ1n) is 12.5. The number of nitriles is 1. The smallest absolute Gasteiger partial charge is 0.346 e. The van der Waals surface area contributed by atoms with E-state index in [1.807, 2.05) is 36.4 Å². The number of hydrogen-bond acceptors (Lipinski definition) is 9. The zero-order valence-electron chi connectivity index (χ0n) is 20.8. The quantitative estimate of drug-likeness (QED) is 0.394. The lowest BCUT2D eigenvalue weighted by molar-refractivity contribution is -0.0651. The van der Waals surface area contributed by atoms with Crippen LogP contribution in [-0.2, 0) is 27.4 Å². The molecule has 1 fully saturated rings. The van der Waals surface area contributed by atoms with Crippen molar-refractivity contribution in [2.24, 2.45) is 0 Å². The van der Waals surface area contributed by atoms with Crippen LogP contribution in [0.25, 0.3) is 11.0 Å². The second kappa shape index (κ2) is 9.67. The summed E-state index contributed by atoms with van der Waals surface area (Å²) >= 11 is 0. The van der Waals surface area contributed by atoms with Crippen LogP contribution in [0.5, 0.6) is 11.5 Å². The van der Waals surface area contributed by atoms with Crippen molar-refractivity contribution in [1.29, 1.82) is 5.26 Å². The molecule has 7 rings (SSSR count). The number of benzene rings is 3. The zero-order valence-corrected chi connectivity index (χ0v) is 20.8. The number of carbonyl (C=O) groups is 1. The maximum absolute atomic E-state index is 13.2. The van der Waals surface area contributed by atoms with Crippen molar-refractivity contribution in [3.8, 4) is 17.6 Å². The molecule has 0 atom stereocenters. The van der Waals surface area contributed by atoms with Crippen molar-refractivity contribution in [3.05, 3.63) is 82.4 Å². The lowest BCUT2D eigenvalue weighted by Crippen LogP contribution is -2.56. The Hall–Kier alpha value is -4.50. The van der Waals surface area contributed by atoms with E-state index in [1.165, 1.54) is 4.68 Å². The monoisotopic (exact) mass is 525 g/mol. The molecule has 0 bridgehead atoms. The molecule has 3 aliphatic heterocycles. The average molecular weight is 526 g/mol. The van der Waals surface area contributed by atoms with Gasteiger partial charge in [-0.25, -0.2) is 4.79 Å². The van der Waals surface area contributed by atoms with Gasteiger partial charge >= 0.3 is 6.03 Å². The molecule has 0 saturated carbocycles. The van der Waals surface area contributed by atoms with Gasteiger partial charge in [0.15, 0.2) is 13.6 Å². The number of likely N-dealkylation sites (tertiary alicyclic amines) is 1. The summed E-state index contributed by atoms with van der Waals surface area (Å²) in [6.45, 7) is 2.19. The number of hydrogen-bond donors (Lipinski definition) is 0. The van der Waals surface area contributed by atoms with E-state index >= 15 is 0 Å². The van der Waals surface area contributed by atoms with Crippen LogP contribution in [0.1, 0.15) is 33.9 Å². The first-order valence-corrected chi connectivity index (χ1v) is 12.5. The van der Waals surface area contributed by atoms with E-state index in [1.54, 1.807) is 23.1 Å². The van der Waals surface area contributed by atoms with Gasteiger partial charge in [-0.15, -0.1) is 5.10 Å². The molecule has 39 heavy (non-hydrogen) atoms. The van der Waals surface area contributed by atoms with Gasteiger partial charge in [0.2, 0.25) is 0 Å². The minimum atomic E-state index is -0.392. The lowest BCUT2D eigenvalue weighted by Gasteiger charge is -2.40.